The number of ether oxygens (including phenoxy) is 1. The smallest absolute Gasteiger partial charge is 0.387 e. The van der Waals surface area contributed by atoms with E-state index < -0.39 is 12.7 Å². The van der Waals surface area contributed by atoms with E-state index in [-0.39, 0.29) is 5.75 Å². The van der Waals surface area contributed by atoms with Crippen LogP contribution in [0.4, 0.5) is 14.7 Å². The van der Waals surface area contributed by atoms with Gasteiger partial charge in [0.25, 0.3) is 0 Å². The molecule has 0 aliphatic carbocycles. The van der Waals surface area contributed by atoms with E-state index in [0.717, 1.165) is 16.8 Å². The monoisotopic (exact) mass is 389 g/mol. The van der Waals surface area contributed by atoms with E-state index in [1.54, 1.807) is 6.07 Å². The number of fused-ring (bicyclic) bond motifs is 1. The van der Waals surface area contributed by atoms with Crippen molar-refractivity contribution >= 4 is 23.2 Å². The number of anilines is 1. The summed E-state index contributed by atoms with van der Waals surface area (Å²) in [6, 6.07) is 11.8. The molecule has 0 unspecified atom stereocenters. The van der Waals surface area contributed by atoms with Crippen LogP contribution in [0.5, 0.6) is 5.75 Å². The summed E-state index contributed by atoms with van der Waals surface area (Å²) in [4.78, 5) is 0. The van der Waals surface area contributed by atoms with Gasteiger partial charge in [0.2, 0.25) is 5.95 Å². The Morgan fingerprint density at radius 1 is 1.19 bits per heavy atom. The molecule has 1 aromatic heterocycles. The summed E-state index contributed by atoms with van der Waals surface area (Å²) >= 11 is 6.10. The van der Waals surface area contributed by atoms with Crippen molar-refractivity contribution in [3.05, 3.63) is 70.3 Å². The standard InChI is InChI=1S/C18H14ClF2N5O/c1-10-2-4-11(5-3-10)14-9-15(26-18(22-14)23-24-25-26)13-8-12(19)6-7-16(13)27-17(20)21/h2-9,15,17H,1H3,(H,22,23,25)/t15-/m1/s1. The van der Waals surface area contributed by atoms with E-state index in [1.807, 2.05) is 37.3 Å². The van der Waals surface area contributed by atoms with Gasteiger partial charge in [0.05, 0.1) is 0 Å². The van der Waals surface area contributed by atoms with Crippen LogP contribution in [0.2, 0.25) is 5.02 Å². The molecule has 0 bridgehead atoms. The fourth-order valence-corrected chi connectivity index (χ4v) is 3.11. The number of benzene rings is 2. The lowest BCUT2D eigenvalue weighted by Crippen LogP contribution is -2.21. The van der Waals surface area contributed by atoms with Gasteiger partial charge in [-0.25, -0.2) is 0 Å². The van der Waals surface area contributed by atoms with Crippen LogP contribution in [-0.2, 0) is 0 Å². The van der Waals surface area contributed by atoms with Gasteiger partial charge in [-0.15, -0.1) is 0 Å². The van der Waals surface area contributed by atoms with Gasteiger partial charge in [-0.05, 0) is 47.2 Å². The maximum Gasteiger partial charge on any atom is 0.387 e. The first kappa shape index (κ1) is 17.4. The Balaban J connectivity index is 1.83. The molecular weight excluding hydrogens is 376 g/mol. The Morgan fingerprint density at radius 3 is 2.70 bits per heavy atom. The van der Waals surface area contributed by atoms with Crippen LogP contribution in [-0.4, -0.2) is 26.8 Å². The zero-order valence-electron chi connectivity index (χ0n) is 14.1. The first-order valence-corrected chi connectivity index (χ1v) is 8.47. The summed E-state index contributed by atoms with van der Waals surface area (Å²) in [5.74, 6) is 0.406. The van der Waals surface area contributed by atoms with Gasteiger partial charge in [-0.1, -0.05) is 46.5 Å². The highest BCUT2D eigenvalue weighted by Gasteiger charge is 2.27. The normalized spacial score (nSPS) is 15.9. The lowest BCUT2D eigenvalue weighted by molar-refractivity contribution is -0.0506. The van der Waals surface area contributed by atoms with Gasteiger partial charge in [-0.2, -0.15) is 13.5 Å². The van der Waals surface area contributed by atoms with E-state index >= 15 is 0 Å². The van der Waals surface area contributed by atoms with E-state index in [1.165, 1.54) is 16.8 Å². The van der Waals surface area contributed by atoms with Crippen LogP contribution in [0.3, 0.4) is 0 Å². The average Bonchev–Trinajstić information content (AvgIpc) is 3.11. The third-order valence-corrected chi connectivity index (χ3v) is 4.43. The lowest BCUT2D eigenvalue weighted by Gasteiger charge is -2.25. The van der Waals surface area contributed by atoms with E-state index in [4.69, 9.17) is 11.6 Å². The molecule has 4 rings (SSSR count). The summed E-state index contributed by atoms with van der Waals surface area (Å²) in [5.41, 5.74) is 3.23. The number of aryl methyl sites for hydroxylation is 1. The number of nitrogens with one attached hydrogen (secondary N) is 1. The largest absolute Gasteiger partial charge is 0.434 e. The molecule has 27 heavy (non-hydrogen) atoms. The molecule has 0 radical (unpaired) electrons. The first-order valence-electron chi connectivity index (χ1n) is 8.09. The number of tetrazole rings is 1. The second-order valence-corrected chi connectivity index (χ2v) is 6.46. The lowest BCUT2D eigenvalue weighted by atomic mass is 10.0. The molecule has 138 valence electrons. The highest BCUT2D eigenvalue weighted by atomic mass is 35.5. The molecule has 1 aliphatic heterocycles. The highest BCUT2D eigenvalue weighted by molar-refractivity contribution is 6.30. The van der Waals surface area contributed by atoms with Crippen molar-refractivity contribution in [3.63, 3.8) is 0 Å². The van der Waals surface area contributed by atoms with Gasteiger partial charge in [0.15, 0.2) is 0 Å². The molecule has 9 heteroatoms. The number of nitrogens with zero attached hydrogens (tertiary/aromatic N) is 4. The van der Waals surface area contributed by atoms with Crippen LogP contribution in [0.15, 0.2) is 48.5 Å². The minimum absolute atomic E-state index is 0.0160. The maximum absolute atomic E-state index is 12.9. The van der Waals surface area contributed by atoms with Crippen LogP contribution in [0.25, 0.3) is 5.70 Å². The second kappa shape index (κ2) is 6.96. The molecule has 0 amide bonds. The number of aromatic nitrogens is 4. The molecule has 3 aromatic rings. The molecule has 0 saturated heterocycles. The zero-order chi connectivity index (χ0) is 19.0. The third kappa shape index (κ3) is 3.48. The van der Waals surface area contributed by atoms with Crippen molar-refractivity contribution in [2.75, 3.05) is 5.32 Å². The number of hydrogen-bond donors (Lipinski definition) is 1. The average molecular weight is 390 g/mol. The minimum atomic E-state index is -2.96. The predicted octanol–water partition coefficient (Wildman–Crippen LogP) is 4.29. The van der Waals surface area contributed by atoms with Crippen molar-refractivity contribution in [1.29, 1.82) is 0 Å². The Bertz CT molecular complexity index is 1000. The molecule has 2 heterocycles. The van der Waals surface area contributed by atoms with E-state index in [0.29, 0.717) is 16.5 Å². The molecule has 1 N–H and O–H groups in total. The zero-order valence-corrected chi connectivity index (χ0v) is 14.9. The van der Waals surface area contributed by atoms with Crippen LogP contribution < -0.4 is 10.1 Å². The van der Waals surface area contributed by atoms with E-state index in [2.05, 4.69) is 25.6 Å². The van der Waals surface area contributed by atoms with Gasteiger partial charge in [0.1, 0.15) is 11.8 Å². The highest BCUT2D eigenvalue weighted by Crippen LogP contribution is 2.37. The predicted molar refractivity (Wildman–Crippen MR) is 96.8 cm³/mol. The van der Waals surface area contributed by atoms with Crippen molar-refractivity contribution in [2.24, 2.45) is 0 Å². The van der Waals surface area contributed by atoms with Crippen LogP contribution >= 0.6 is 11.6 Å². The molecule has 6 nitrogen and oxygen atoms in total. The van der Waals surface area contributed by atoms with Crippen molar-refractivity contribution in [1.82, 2.24) is 20.2 Å². The third-order valence-electron chi connectivity index (χ3n) is 4.20. The van der Waals surface area contributed by atoms with Gasteiger partial charge >= 0.3 is 6.61 Å². The van der Waals surface area contributed by atoms with Gasteiger partial charge in [0, 0.05) is 16.3 Å². The maximum atomic E-state index is 12.9. The number of halogens is 3. The number of alkyl halides is 2. The topological polar surface area (TPSA) is 64.9 Å². The Kier molecular flexibility index (Phi) is 4.49. The molecule has 1 aliphatic rings. The van der Waals surface area contributed by atoms with Crippen LogP contribution in [0, 0.1) is 6.92 Å². The second-order valence-electron chi connectivity index (χ2n) is 6.02. The SMILES string of the molecule is Cc1ccc(C2=C[C@H](c3cc(Cl)ccc3OC(F)F)n3nnnc3N2)cc1. The first-order chi connectivity index (χ1) is 13.0. The summed E-state index contributed by atoms with van der Waals surface area (Å²) in [7, 11) is 0. The Morgan fingerprint density at radius 2 is 1.96 bits per heavy atom. The molecule has 1 atom stereocenters. The molecular formula is C18H14ClF2N5O. The van der Waals surface area contributed by atoms with Crippen molar-refractivity contribution in [3.8, 4) is 5.75 Å². The van der Waals surface area contributed by atoms with E-state index in [9.17, 15) is 8.78 Å². The molecule has 0 fully saturated rings. The van der Waals surface area contributed by atoms with Crippen molar-refractivity contribution in [2.45, 2.75) is 19.6 Å². The fraction of sp³-hybridized carbons (Fsp3) is 0.167. The summed E-state index contributed by atoms with van der Waals surface area (Å²) in [5, 5.41) is 15.2. The fourth-order valence-electron chi connectivity index (χ4n) is 2.93. The Hall–Kier alpha value is -3.00. The summed E-state index contributed by atoms with van der Waals surface area (Å²) in [6.45, 7) is -0.962. The number of hydrogen-bond acceptors (Lipinski definition) is 5. The molecule has 2 aromatic carbocycles. The minimum Gasteiger partial charge on any atom is -0.434 e. The molecule has 0 spiro atoms. The number of rotatable bonds is 4. The quantitative estimate of drug-likeness (QED) is 0.721. The molecule has 0 saturated carbocycles. The van der Waals surface area contributed by atoms with Crippen molar-refractivity contribution < 1.29 is 13.5 Å². The van der Waals surface area contributed by atoms with Gasteiger partial charge < -0.3 is 10.1 Å². The summed E-state index contributed by atoms with van der Waals surface area (Å²) in [6.07, 6.45) is 1.85. The summed E-state index contributed by atoms with van der Waals surface area (Å²) < 4.78 is 31.9. The van der Waals surface area contributed by atoms with Gasteiger partial charge in [-0.3, -0.25) is 0 Å². The Labute approximate surface area is 158 Å². The number of allylic oxidation sites excluding steroid dienone is 1. The van der Waals surface area contributed by atoms with Crippen LogP contribution in [0.1, 0.15) is 22.7 Å².